The van der Waals surface area contributed by atoms with E-state index < -0.39 is 12.3 Å². The molecule has 0 spiro atoms. The predicted octanol–water partition coefficient (Wildman–Crippen LogP) is 3.33. The molecule has 1 aromatic rings. The van der Waals surface area contributed by atoms with Crippen LogP contribution in [0.3, 0.4) is 0 Å². The fourth-order valence-electron chi connectivity index (χ4n) is 1.80. The summed E-state index contributed by atoms with van der Waals surface area (Å²) >= 11 is 0. The van der Waals surface area contributed by atoms with Gasteiger partial charge in [-0.2, -0.15) is 5.26 Å². The largest absolute Gasteiger partial charge is 0.496 e. The van der Waals surface area contributed by atoms with Gasteiger partial charge in [-0.15, -0.1) is 0 Å². The molecule has 0 aliphatic carbocycles. The van der Waals surface area contributed by atoms with E-state index in [9.17, 15) is 8.78 Å². The standard InChI is InChI=1S/C13H15F2NO2/c1-8-9(2)12(18-4)10(7-11(8)17-3)13(14,15)5-6-16/h7H,5H2,1-4H3. The monoisotopic (exact) mass is 255 g/mol. The SMILES string of the molecule is COc1cc(C(F)(F)CC#N)c(OC)c(C)c1C. The average Bonchev–Trinajstić information content (AvgIpc) is 2.32. The molecule has 1 rings (SSSR count). The highest BCUT2D eigenvalue weighted by molar-refractivity contribution is 5.54. The molecule has 1 aromatic carbocycles. The summed E-state index contributed by atoms with van der Waals surface area (Å²) in [5, 5.41) is 8.48. The number of rotatable bonds is 4. The van der Waals surface area contributed by atoms with Crippen LogP contribution < -0.4 is 9.47 Å². The van der Waals surface area contributed by atoms with Gasteiger partial charge < -0.3 is 9.47 Å². The molecular formula is C13H15F2NO2. The van der Waals surface area contributed by atoms with Gasteiger partial charge in [-0.25, -0.2) is 8.78 Å². The number of nitriles is 1. The fraction of sp³-hybridized carbons (Fsp3) is 0.462. The molecule has 0 bridgehead atoms. The number of hydrogen-bond acceptors (Lipinski definition) is 3. The highest BCUT2D eigenvalue weighted by atomic mass is 19.3. The maximum Gasteiger partial charge on any atom is 0.289 e. The molecular weight excluding hydrogens is 240 g/mol. The zero-order valence-corrected chi connectivity index (χ0v) is 10.8. The molecule has 0 radical (unpaired) electrons. The third-order valence-electron chi connectivity index (χ3n) is 2.91. The number of ether oxygens (including phenoxy) is 2. The van der Waals surface area contributed by atoms with Gasteiger partial charge in [0.2, 0.25) is 0 Å². The second-order valence-corrected chi connectivity index (χ2v) is 3.95. The van der Waals surface area contributed by atoms with Crippen LogP contribution in [0.25, 0.3) is 0 Å². The van der Waals surface area contributed by atoms with Crippen molar-refractivity contribution < 1.29 is 18.3 Å². The third kappa shape index (κ3) is 2.37. The van der Waals surface area contributed by atoms with E-state index in [0.29, 0.717) is 11.3 Å². The topological polar surface area (TPSA) is 42.2 Å². The van der Waals surface area contributed by atoms with Gasteiger partial charge in [0, 0.05) is 0 Å². The van der Waals surface area contributed by atoms with E-state index in [1.807, 2.05) is 0 Å². The van der Waals surface area contributed by atoms with Crippen molar-refractivity contribution in [3.63, 3.8) is 0 Å². The van der Waals surface area contributed by atoms with Crippen LogP contribution in [-0.2, 0) is 5.92 Å². The molecule has 0 fully saturated rings. The van der Waals surface area contributed by atoms with Gasteiger partial charge in [-0.1, -0.05) is 0 Å². The molecule has 98 valence electrons. The minimum absolute atomic E-state index is 0.105. The molecule has 18 heavy (non-hydrogen) atoms. The summed E-state index contributed by atoms with van der Waals surface area (Å²) in [6.45, 7) is 3.45. The molecule has 0 aliphatic rings. The Morgan fingerprint density at radius 2 is 1.83 bits per heavy atom. The van der Waals surface area contributed by atoms with Crippen molar-refractivity contribution in [1.29, 1.82) is 5.26 Å². The summed E-state index contributed by atoms with van der Waals surface area (Å²) in [6.07, 6.45) is -0.894. The first-order chi connectivity index (χ1) is 8.38. The Kier molecular flexibility index (Phi) is 4.12. The number of nitrogens with zero attached hydrogens (tertiary/aromatic N) is 1. The quantitative estimate of drug-likeness (QED) is 0.828. The van der Waals surface area contributed by atoms with Crippen LogP contribution in [0.15, 0.2) is 6.07 Å². The van der Waals surface area contributed by atoms with Crippen molar-refractivity contribution in [2.45, 2.75) is 26.2 Å². The van der Waals surface area contributed by atoms with E-state index in [2.05, 4.69) is 0 Å². The zero-order chi connectivity index (χ0) is 13.9. The minimum atomic E-state index is -3.26. The first-order valence-electron chi connectivity index (χ1n) is 5.36. The molecule has 0 atom stereocenters. The molecule has 0 N–H and O–H groups in total. The van der Waals surface area contributed by atoms with Crippen LogP contribution in [0.4, 0.5) is 8.78 Å². The van der Waals surface area contributed by atoms with Crippen molar-refractivity contribution in [2.75, 3.05) is 14.2 Å². The molecule has 0 amide bonds. The van der Waals surface area contributed by atoms with Crippen LogP contribution >= 0.6 is 0 Å². The number of benzene rings is 1. The molecule has 0 saturated carbocycles. The Hall–Kier alpha value is -1.83. The molecule has 0 aliphatic heterocycles. The molecule has 0 aromatic heterocycles. The van der Waals surface area contributed by atoms with Crippen LogP contribution in [0.2, 0.25) is 0 Å². The summed E-state index contributed by atoms with van der Waals surface area (Å²) in [4.78, 5) is 0. The van der Waals surface area contributed by atoms with Gasteiger partial charge in [0.05, 0.1) is 25.9 Å². The number of alkyl halides is 2. The highest BCUT2D eigenvalue weighted by Gasteiger charge is 2.36. The predicted molar refractivity (Wildman–Crippen MR) is 63.1 cm³/mol. The van der Waals surface area contributed by atoms with E-state index in [-0.39, 0.29) is 11.3 Å². The number of halogens is 2. The first-order valence-corrected chi connectivity index (χ1v) is 5.36. The van der Waals surface area contributed by atoms with Crippen molar-refractivity contribution in [3.8, 4) is 17.6 Å². The highest BCUT2D eigenvalue weighted by Crippen LogP contribution is 2.43. The maximum atomic E-state index is 13.9. The van der Waals surface area contributed by atoms with Gasteiger partial charge in [0.15, 0.2) is 0 Å². The van der Waals surface area contributed by atoms with Crippen molar-refractivity contribution in [3.05, 3.63) is 22.8 Å². The van der Waals surface area contributed by atoms with Gasteiger partial charge in [0.25, 0.3) is 5.92 Å². The van der Waals surface area contributed by atoms with E-state index in [4.69, 9.17) is 14.7 Å². The van der Waals surface area contributed by atoms with E-state index in [1.165, 1.54) is 26.4 Å². The average molecular weight is 255 g/mol. The molecule has 0 heterocycles. The fourth-order valence-corrected chi connectivity index (χ4v) is 1.80. The van der Waals surface area contributed by atoms with E-state index in [0.717, 1.165) is 5.56 Å². The zero-order valence-electron chi connectivity index (χ0n) is 10.8. The van der Waals surface area contributed by atoms with Crippen LogP contribution in [0, 0.1) is 25.2 Å². The Morgan fingerprint density at radius 3 is 2.28 bits per heavy atom. The second-order valence-electron chi connectivity index (χ2n) is 3.95. The summed E-state index contributed by atoms with van der Waals surface area (Å²) in [6, 6.07) is 2.72. The first kappa shape index (κ1) is 14.2. The summed E-state index contributed by atoms with van der Waals surface area (Å²) in [7, 11) is 2.75. The van der Waals surface area contributed by atoms with Crippen LogP contribution in [0.1, 0.15) is 23.1 Å². The van der Waals surface area contributed by atoms with Gasteiger partial charge in [-0.05, 0) is 31.0 Å². The van der Waals surface area contributed by atoms with E-state index in [1.54, 1.807) is 13.8 Å². The smallest absolute Gasteiger partial charge is 0.289 e. The van der Waals surface area contributed by atoms with E-state index >= 15 is 0 Å². The Balaban J connectivity index is 3.53. The van der Waals surface area contributed by atoms with Crippen molar-refractivity contribution in [1.82, 2.24) is 0 Å². The Labute approximate surface area is 105 Å². The summed E-state index contributed by atoms with van der Waals surface area (Å²) in [5.74, 6) is -2.79. The lowest BCUT2D eigenvalue weighted by Crippen LogP contribution is -2.15. The number of methoxy groups -OCH3 is 2. The molecule has 0 unspecified atom stereocenters. The van der Waals surface area contributed by atoms with Gasteiger partial charge in [0.1, 0.15) is 17.9 Å². The van der Waals surface area contributed by atoms with Crippen molar-refractivity contribution in [2.24, 2.45) is 0 Å². The van der Waals surface area contributed by atoms with Crippen LogP contribution in [0.5, 0.6) is 11.5 Å². The summed E-state index contributed by atoms with van der Waals surface area (Å²) < 4.78 is 37.9. The maximum absolute atomic E-state index is 13.9. The molecule has 5 heteroatoms. The lowest BCUT2D eigenvalue weighted by molar-refractivity contribution is -0.00158. The second kappa shape index (κ2) is 5.21. The molecule has 0 saturated heterocycles. The van der Waals surface area contributed by atoms with Gasteiger partial charge >= 0.3 is 0 Å². The molecule has 3 nitrogen and oxygen atoms in total. The Morgan fingerprint density at radius 1 is 1.22 bits per heavy atom. The number of hydrogen-bond donors (Lipinski definition) is 0. The van der Waals surface area contributed by atoms with Crippen molar-refractivity contribution >= 4 is 0 Å². The minimum Gasteiger partial charge on any atom is -0.496 e. The normalized spacial score (nSPS) is 10.9. The lowest BCUT2D eigenvalue weighted by atomic mass is 9.97. The lowest BCUT2D eigenvalue weighted by Gasteiger charge is -2.21. The third-order valence-corrected chi connectivity index (χ3v) is 2.91. The van der Waals surface area contributed by atoms with Crippen LogP contribution in [-0.4, -0.2) is 14.2 Å². The van der Waals surface area contributed by atoms with Gasteiger partial charge in [-0.3, -0.25) is 0 Å². The Bertz CT molecular complexity index is 493. The summed E-state index contributed by atoms with van der Waals surface area (Å²) in [5.41, 5.74) is 1.02.